The Morgan fingerprint density at radius 1 is 1.15 bits per heavy atom. The minimum atomic E-state index is -0.311. The molecule has 1 aliphatic carbocycles. The summed E-state index contributed by atoms with van der Waals surface area (Å²) in [6, 6.07) is 14.7. The molecular weight excluding hydrogens is 246 g/mol. The van der Waals surface area contributed by atoms with Crippen molar-refractivity contribution in [3.8, 4) is 0 Å². The van der Waals surface area contributed by atoms with Gasteiger partial charge in [-0.25, -0.2) is 0 Å². The minimum absolute atomic E-state index is 0.176. The first-order valence-corrected chi connectivity index (χ1v) is 7.11. The Labute approximate surface area is 118 Å². The number of aryl methyl sites for hydroxylation is 2. The van der Waals surface area contributed by atoms with Gasteiger partial charge in [0.05, 0.1) is 5.41 Å². The Bertz CT molecular complexity index is 720. The highest BCUT2D eigenvalue weighted by Gasteiger charge is 2.65. The normalized spacial score (nSPS) is 26.5. The van der Waals surface area contributed by atoms with E-state index in [4.69, 9.17) is 0 Å². The predicted molar refractivity (Wildman–Crippen MR) is 80.0 cm³/mol. The Morgan fingerprint density at radius 2 is 1.90 bits per heavy atom. The van der Waals surface area contributed by atoms with Crippen LogP contribution in [-0.4, -0.2) is 5.91 Å². The van der Waals surface area contributed by atoms with E-state index in [2.05, 4.69) is 55.6 Å². The van der Waals surface area contributed by atoms with E-state index in [1.54, 1.807) is 0 Å². The number of anilines is 1. The average Bonchev–Trinajstić information content (AvgIpc) is 3.08. The molecule has 0 unspecified atom stereocenters. The number of fused-ring (bicyclic) bond motifs is 2. The summed E-state index contributed by atoms with van der Waals surface area (Å²) in [6.07, 6.45) is 0.930. The maximum Gasteiger partial charge on any atom is 0.235 e. The molecule has 1 fully saturated rings. The molecule has 1 N–H and O–H groups in total. The zero-order valence-corrected chi connectivity index (χ0v) is 11.7. The van der Waals surface area contributed by atoms with Crippen molar-refractivity contribution in [1.82, 2.24) is 0 Å². The van der Waals surface area contributed by atoms with E-state index >= 15 is 0 Å². The van der Waals surface area contributed by atoms with Crippen molar-refractivity contribution in [2.45, 2.75) is 31.6 Å². The van der Waals surface area contributed by atoms with Crippen molar-refractivity contribution < 1.29 is 4.79 Å². The highest BCUT2D eigenvalue weighted by atomic mass is 16.2. The molecule has 0 aromatic heterocycles. The van der Waals surface area contributed by atoms with E-state index in [1.807, 2.05) is 6.07 Å². The van der Waals surface area contributed by atoms with Crippen LogP contribution >= 0.6 is 0 Å². The van der Waals surface area contributed by atoms with Crippen LogP contribution in [0.3, 0.4) is 0 Å². The van der Waals surface area contributed by atoms with Gasteiger partial charge in [-0.3, -0.25) is 4.79 Å². The monoisotopic (exact) mass is 263 g/mol. The lowest BCUT2D eigenvalue weighted by Gasteiger charge is -2.12. The molecule has 2 nitrogen and oxygen atoms in total. The van der Waals surface area contributed by atoms with Crippen LogP contribution in [0.1, 0.15) is 34.6 Å². The summed E-state index contributed by atoms with van der Waals surface area (Å²) in [5, 5.41) is 3.09. The Kier molecular flexibility index (Phi) is 2.18. The van der Waals surface area contributed by atoms with Crippen LogP contribution in [0.25, 0.3) is 0 Å². The summed E-state index contributed by atoms with van der Waals surface area (Å²) in [5.74, 6) is 0.501. The largest absolute Gasteiger partial charge is 0.325 e. The fraction of sp³-hybridized carbons (Fsp3) is 0.278. The number of carbonyl (C=O) groups excluding carboxylic acids is 1. The standard InChI is InChI=1S/C18H17NO/c1-11-8-12(2)16-15(9-11)19-17(20)18(16)10-14(18)13-6-4-3-5-7-13/h3-9,14H,10H2,1-2H3,(H,19,20)/t14-,18+/m1/s1. The van der Waals surface area contributed by atoms with E-state index in [-0.39, 0.29) is 11.3 Å². The summed E-state index contributed by atoms with van der Waals surface area (Å²) in [6.45, 7) is 4.19. The van der Waals surface area contributed by atoms with E-state index in [1.165, 1.54) is 22.3 Å². The molecule has 2 aromatic carbocycles. The number of nitrogens with one attached hydrogen (secondary N) is 1. The first-order valence-electron chi connectivity index (χ1n) is 7.11. The topological polar surface area (TPSA) is 29.1 Å². The van der Waals surface area contributed by atoms with Crippen molar-refractivity contribution in [2.24, 2.45) is 0 Å². The van der Waals surface area contributed by atoms with Crippen molar-refractivity contribution in [3.05, 3.63) is 64.7 Å². The van der Waals surface area contributed by atoms with E-state index in [9.17, 15) is 4.79 Å². The third kappa shape index (κ3) is 1.36. The van der Waals surface area contributed by atoms with E-state index < -0.39 is 0 Å². The molecule has 100 valence electrons. The van der Waals surface area contributed by atoms with Gasteiger partial charge in [0, 0.05) is 11.6 Å². The van der Waals surface area contributed by atoms with Gasteiger partial charge in [0.2, 0.25) is 5.91 Å². The second-order valence-electron chi connectivity index (χ2n) is 6.10. The van der Waals surface area contributed by atoms with Crippen molar-refractivity contribution in [2.75, 3.05) is 5.32 Å². The fourth-order valence-corrected chi connectivity index (χ4v) is 3.88. The Hall–Kier alpha value is -2.09. The molecule has 1 amide bonds. The third-order valence-electron chi connectivity index (χ3n) is 4.74. The highest BCUT2D eigenvalue weighted by Crippen LogP contribution is 2.65. The third-order valence-corrected chi connectivity index (χ3v) is 4.74. The van der Waals surface area contributed by atoms with Gasteiger partial charge < -0.3 is 5.32 Å². The van der Waals surface area contributed by atoms with Gasteiger partial charge in [0.25, 0.3) is 0 Å². The van der Waals surface area contributed by atoms with E-state index in [0.29, 0.717) is 5.92 Å². The van der Waals surface area contributed by atoms with Crippen LogP contribution in [0, 0.1) is 13.8 Å². The Morgan fingerprint density at radius 3 is 2.65 bits per heavy atom. The lowest BCUT2D eigenvalue weighted by atomic mass is 9.88. The Balaban J connectivity index is 1.85. The van der Waals surface area contributed by atoms with Gasteiger partial charge in [-0.2, -0.15) is 0 Å². The zero-order chi connectivity index (χ0) is 13.9. The number of amides is 1. The quantitative estimate of drug-likeness (QED) is 0.835. The summed E-state index contributed by atoms with van der Waals surface area (Å²) in [5.41, 5.74) is 5.64. The summed E-state index contributed by atoms with van der Waals surface area (Å²) in [7, 11) is 0. The van der Waals surface area contributed by atoms with Crippen molar-refractivity contribution in [1.29, 1.82) is 0 Å². The average molecular weight is 263 g/mol. The number of hydrogen-bond acceptors (Lipinski definition) is 1. The molecule has 0 saturated heterocycles. The summed E-state index contributed by atoms with van der Waals surface area (Å²) >= 11 is 0. The lowest BCUT2D eigenvalue weighted by molar-refractivity contribution is -0.118. The van der Waals surface area contributed by atoms with E-state index in [0.717, 1.165) is 12.1 Å². The zero-order valence-electron chi connectivity index (χ0n) is 11.7. The number of hydrogen-bond donors (Lipinski definition) is 1. The molecule has 1 spiro atoms. The molecule has 2 aromatic rings. The van der Waals surface area contributed by atoms with Gasteiger partial charge in [0.1, 0.15) is 0 Å². The summed E-state index contributed by atoms with van der Waals surface area (Å²) in [4.78, 5) is 12.6. The van der Waals surface area contributed by atoms with Crippen LogP contribution in [0.4, 0.5) is 5.69 Å². The van der Waals surface area contributed by atoms with Crippen molar-refractivity contribution in [3.63, 3.8) is 0 Å². The first kappa shape index (κ1) is 11.7. The van der Waals surface area contributed by atoms with Gasteiger partial charge in [-0.1, -0.05) is 36.4 Å². The van der Waals surface area contributed by atoms with Crippen LogP contribution in [0.2, 0.25) is 0 Å². The molecule has 1 heterocycles. The van der Waals surface area contributed by atoms with Crippen LogP contribution < -0.4 is 5.32 Å². The number of rotatable bonds is 1. The molecule has 0 radical (unpaired) electrons. The molecule has 20 heavy (non-hydrogen) atoms. The molecule has 2 aliphatic rings. The molecule has 0 bridgehead atoms. The lowest BCUT2D eigenvalue weighted by Crippen LogP contribution is -2.21. The molecule has 2 atom stereocenters. The molecule has 4 rings (SSSR count). The SMILES string of the molecule is Cc1cc(C)c2c(c1)NC(=O)[C@]21C[C@@H]1c1ccccc1. The minimum Gasteiger partial charge on any atom is -0.325 e. The first-order chi connectivity index (χ1) is 9.63. The molecule has 1 aliphatic heterocycles. The second kappa shape index (κ2) is 3.72. The predicted octanol–water partition coefficient (Wildman–Crippen LogP) is 3.68. The maximum absolute atomic E-state index is 12.6. The molecule has 1 saturated carbocycles. The molecule has 2 heteroatoms. The van der Waals surface area contributed by atoms with Crippen LogP contribution in [0.15, 0.2) is 42.5 Å². The second-order valence-corrected chi connectivity index (χ2v) is 6.10. The van der Waals surface area contributed by atoms with Gasteiger partial charge in [0.15, 0.2) is 0 Å². The summed E-state index contributed by atoms with van der Waals surface area (Å²) < 4.78 is 0. The maximum atomic E-state index is 12.6. The van der Waals surface area contributed by atoms with Crippen molar-refractivity contribution >= 4 is 11.6 Å². The van der Waals surface area contributed by atoms with Gasteiger partial charge in [-0.05, 0) is 48.6 Å². The van der Waals surface area contributed by atoms with Gasteiger partial charge in [-0.15, -0.1) is 0 Å². The highest BCUT2D eigenvalue weighted by molar-refractivity contribution is 6.10. The number of benzene rings is 2. The van der Waals surface area contributed by atoms with Crippen LogP contribution in [-0.2, 0) is 10.2 Å². The van der Waals surface area contributed by atoms with Gasteiger partial charge >= 0.3 is 0 Å². The molecular formula is C18H17NO. The van der Waals surface area contributed by atoms with Crippen LogP contribution in [0.5, 0.6) is 0 Å². The number of carbonyl (C=O) groups is 1. The smallest absolute Gasteiger partial charge is 0.235 e. The fourth-order valence-electron chi connectivity index (χ4n) is 3.88.